The van der Waals surface area contributed by atoms with Crippen molar-refractivity contribution in [2.24, 2.45) is 17.6 Å². The van der Waals surface area contributed by atoms with Crippen LogP contribution in [0.25, 0.3) is 10.9 Å². The molecule has 1 fully saturated rings. The number of aromatic nitrogens is 1. The summed E-state index contributed by atoms with van der Waals surface area (Å²) in [5.41, 5.74) is 8.66. The zero-order valence-electron chi connectivity index (χ0n) is 12.3. The van der Waals surface area contributed by atoms with Gasteiger partial charge in [-0.25, -0.2) is 0 Å². The molecule has 2 nitrogen and oxygen atoms in total. The molecule has 0 saturated heterocycles. The van der Waals surface area contributed by atoms with Gasteiger partial charge in [0.1, 0.15) is 0 Å². The van der Waals surface area contributed by atoms with Crippen LogP contribution in [-0.2, 0) is 6.42 Å². The van der Waals surface area contributed by atoms with E-state index in [9.17, 15) is 0 Å². The Hall–Kier alpha value is -1.41. The SMILES string of the molecule is CC1CCCC(C(N)Cc2ccc3ccccc3n2)C1. The summed E-state index contributed by atoms with van der Waals surface area (Å²) in [7, 11) is 0. The highest BCUT2D eigenvalue weighted by molar-refractivity contribution is 5.78. The van der Waals surface area contributed by atoms with Crippen LogP contribution in [0.1, 0.15) is 38.3 Å². The fraction of sp³-hybridized carbons (Fsp3) is 0.500. The average molecular weight is 268 g/mol. The number of nitrogens with two attached hydrogens (primary N) is 1. The first-order chi connectivity index (χ1) is 9.72. The van der Waals surface area contributed by atoms with E-state index in [1.165, 1.54) is 31.1 Å². The maximum atomic E-state index is 6.45. The second-order valence-electron chi connectivity index (χ2n) is 6.40. The normalized spacial score (nSPS) is 24.7. The zero-order chi connectivity index (χ0) is 13.9. The Kier molecular flexibility index (Phi) is 4.02. The van der Waals surface area contributed by atoms with Crippen LogP contribution in [0.2, 0.25) is 0 Å². The highest BCUT2D eigenvalue weighted by atomic mass is 14.7. The van der Waals surface area contributed by atoms with Gasteiger partial charge >= 0.3 is 0 Å². The first kappa shape index (κ1) is 13.6. The number of benzene rings is 1. The average Bonchev–Trinajstić information content (AvgIpc) is 2.47. The van der Waals surface area contributed by atoms with Crippen LogP contribution in [0.5, 0.6) is 0 Å². The smallest absolute Gasteiger partial charge is 0.0705 e. The van der Waals surface area contributed by atoms with Crippen molar-refractivity contribution in [3.63, 3.8) is 0 Å². The van der Waals surface area contributed by atoms with E-state index in [-0.39, 0.29) is 6.04 Å². The Balaban J connectivity index is 1.71. The van der Waals surface area contributed by atoms with Crippen molar-refractivity contribution in [3.8, 4) is 0 Å². The molecule has 0 bridgehead atoms. The molecular weight excluding hydrogens is 244 g/mol. The van der Waals surface area contributed by atoms with Gasteiger partial charge in [0.25, 0.3) is 0 Å². The minimum atomic E-state index is 0.256. The van der Waals surface area contributed by atoms with Gasteiger partial charge in [-0.05, 0) is 36.8 Å². The van der Waals surface area contributed by atoms with Gasteiger partial charge in [0, 0.05) is 23.5 Å². The number of para-hydroxylation sites is 1. The zero-order valence-corrected chi connectivity index (χ0v) is 12.3. The molecule has 1 aromatic carbocycles. The van der Waals surface area contributed by atoms with Crippen molar-refractivity contribution >= 4 is 10.9 Å². The maximum Gasteiger partial charge on any atom is 0.0705 e. The lowest BCUT2D eigenvalue weighted by Crippen LogP contribution is -2.35. The number of fused-ring (bicyclic) bond motifs is 1. The lowest BCUT2D eigenvalue weighted by atomic mass is 9.78. The summed E-state index contributed by atoms with van der Waals surface area (Å²) in [5, 5.41) is 1.20. The molecule has 1 saturated carbocycles. The second kappa shape index (κ2) is 5.92. The molecule has 3 rings (SSSR count). The summed E-state index contributed by atoms with van der Waals surface area (Å²) in [6.07, 6.45) is 6.19. The standard InChI is InChI=1S/C18H24N2/c1-13-5-4-7-15(11-13)17(19)12-16-10-9-14-6-2-3-8-18(14)20-16/h2-3,6,8-10,13,15,17H,4-5,7,11-12,19H2,1H3. The molecule has 3 atom stereocenters. The van der Waals surface area contributed by atoms with Crippen molar-refractivity contribution in [1.29, 1.82) is 0 Å². The summed E-state index contributed by atoms with van der Waals surface area (Å²) in [6.45, 7) is 2.35. The van der Waals surface area contributed by atoms with Gasteiger partial charge < -0.3 is 5.73 Å². The summed E-state index contributed by atoms with van der Waals surface area (Å²) in [6, 6.07) is 12.8. The molecule has 2 aromatic rings. The molecule has 1 aromatic heterocycles. The summed E-state index contributed by atoms with van der Waals surface area (Å²) in [5.74, 6) is 1.51. The van der Waals surface area contributed by atoms with Gasteiger partial charge in [-0.3, -0.25) is 4.98 Å². The van der Waals surface area contributed by atoms with E-state index in [2.05, 4.69) is 37.3 Å². The number of nitrogens with zero attached hydrogens (tertiary/aromatic N) is 1. The molecule has 1 aliphatic carbocycles. The van der Waals surface area contributed by atoms with E-state index in [0.29, 0.717) is 5.92 Å². The number of pyridine rings is 1. The Morgan fingerprint density at radius 2 is 2.05 bits per heavy atom. The molecule has 1 heterocycles. The topological polar surface area (TPSA) is 38.9 Å². The highest BCUT2D eigenvalue weighted by Crippen LogP contribution is 2.31. The summed E-state index contributed by atoms with van der Waals surface area (Å²) in [4.78, 5) is 4.75. The van der Waals surface area contributed by atoms with E-state index >= 15 is 0 Å². The molecule has 20 heavy (non-hydrogen) atoms. The van der Waals surface area contributed by atoms with Crippen LogP contribution in [0, 0.1) is 11.8 Å². The van der Waals surface area contributed by atoms with Gasteiger partial charge in [-0.1, -0.05) is 44.0 Å². The molecule has 0 aliphatic heterocycles. The van der Waals surface area contributed by atoms with Crippen LogP contribution in [0.4, 0.5) is 0 Å². The number of hydrogen-bond acceptors (Lipinski definition) is 2. The summed E-state index contributed by atoms with van der Waals surface area (Å²) < 4.78 is 0. The Bertz CT molecular complexity index is 578. The highest BCUT2D eigenvalue weighted by Gasteiger charge is 2.24. The van der Waals surface area contributed by atoms with Gasteiger partial charge in [0.2, 0.25) is 0 Å². The lowest BCUT2D eigenvalue weighted by molar-refractivity contribution is 0.245. The molecule has 106 valence electrons. The molecule has 2 N–H and O–H groups in total. The molecule has 3 unspecified atom stereocenters. The van der Waals surface area contributed by atoms with Crippen molar-refractivity contribution < 1.29 is 0 Å². The van der Waals surface area contributed by atoms with Gasteiger partial charge in [-0.2, -0.15) is 0 Å². The monoisotopic (exact) mass is 268 g/mol. The van der Waals surface area contributed by atoms with E-state index in [4.69, 9.17) is 10.7 Å². The van der Waals surface area contributed by atoms with Crippen molar-refractivity contribution in [3.05, 3.63) is 42.1 Å². The summed E-state index contributed by atoms with van der Waals surface area (Å²) >= 11 is 0. The van der Waals surface area contributed by atoms with Crippen molar-refractivity contribution in [1.82, 2.24) is 4.98 Å². The van der Waals surface area contributed by atoms with Crippen LogP contribution >= 0.6 is 0 Å². The Labute approximate surface area is 121 Å². The lowest BCUT2D eigenvalue weighted by Gasteiger charge is -2.31. The van der Waals surface area contributed by atoms with Gasteiger partial charge in [-0.15, -0.1) is 0 Å². The quantitative estimate of drug-likeness (QED) is 0.916. The van der Waals surface area contributed by atoms with E-state index < -0.39 is 0 Å². The fourth-order valence-electron chi connectivity index (χ4n) is 3.50. The largest absolute Gasteiger partial charge is 0.327 e. The molecule has 2 heteroatoms. The third-order valence-corrected chi connectivity index (χ3v) is 4.68. The van der Waals surface area contributed by atoms with Gasteiger partial charge in [0.15, 0.2) is 0 Å². The van der Waals surface area contributed by atoms with Crippen molar-refractivity contribution in [2.75, 3.05) is 0 Å². The van der Waals surface area contributed by atoms with Crippen LogP contribution in [0.3, 0.4) is 0 Å². The second-order valence-corrected chi connectivity index (χ2v) is 6.40. The molecule has 0 spiro atoms. The Morgan fingerprint density at radius 3 is 2.90 bits per heavy atom. The third-order valence-electron chi connectivity index (χ3n) is 4.68. The first-order valence-corrected chi connectivity index (χ1v) is 7.82. The third kappa shape index (κ3) is 3.01. The molecular formula is C18H24N2. The van der Waals surface area contributed by atoms with Crippen LogP contribution in [-0.4, -0.2) is 11.0 Å². The first-order valence-electron chi connectivity index (χ1n) is 7.82. The van der Waals surface area contributed by atoms with Crippen LogP contribution in [0.15, 0.2) is 36.4 Å². The predicted octanol–water partition coefficient (Wildman–Crippen LogP) is 3.93. The number of hydrogen-bond donors (Lipinski definition) is 1. The molecule has 0 amide bonds. The maximum absolute atomic E-state index is 6.45. The molecule has 1 aliphatic rings. The van der Waals surface area contributed by atoms with Crippen LogP contribution < -0.4 is 5.73 Å². The Morgan fingerprint density at radius 1 is 1.20 bits per heavy atom. The van der Waals surface area contributed by atoms with E-state index in [0.717, 1.165) is 23.5 Å². The number of rotatable bonds is 3. The van der Waals surface area contributed by atoms with Gasteiger partial charge in [0.05, 0.1) is 5.52 Å². The minimum Gasteiger partial charge on any atom is -0.327 e. The van der Waals surface area contributed by atoms with E-state index in [1.54, 1.807) is 0 Å². The molecule has 0 radical (unpaired) electrons. The van der Waals surface area contributed by atoms with E-state index in [1.807, 2.05) is 6.07 Å². The minimum absolute atomic E-state index is 0.256. The fourth-order valence-corrected chi connectivity index (χ4v) is 3.50. The predicted molar refractivity (Wildman–Crippen MR) is 84.5 cm³/mol. The van der Waals surface area contributed by atoms with Crippen molar-refractivity contribution in [2.45, 2.75) is 45.1 Å².